The largest absolute Gasteiger partial charge is 0.387 e. The number of benzene rings is 1. The normalized spacial score (nSPS) is 18.2. The Labute approximate surface area is 168 Å². The van der Waals surface area contributed by atoms with Crippen LogP contribution < -0.4 is 10.5 Å². The van der Waals surface area contributed by atoms with Crippen LogP contribution in [0, 0.1) is 0 Å². The molecule has 2 aliphatic rings. The van der Waals surface area contributed by atoms with Crippen LogP contribution in [0.25, 0.3) is 11.4 Å². The van der Waals surface area contributed by atoms with Crippen molar-refractivity contribution >= 4 is 5.95 Å². The van der Waals surface area contributed by atoms with Crippen molar-refractivity contribution in [3.05, 3.63) is 70.9 Å². The molecule has 1 N–H and O–H groups in total. The van der Waals surface area contributed by atoms with E-state index in [1.165, 1.54) is 12.4 Å². The molecule has 5 rings (SSSR count). The highest BCUT2D eigenvalue weighted by atomic mass is 16.3. The summed E-state index contributed by atoms with van der Waals surface area (Å²) in [5.74, 6) is 0.632. The first-order chi connectivity index (χ1) is 14.2. The molecule has 0 bridgehead atoms. The Kier molecular flexibility index (Phi) is 4.39. The highest BCUT2D eigenvalue weighted by Gasteiger charge is 2.47. The average molecular weight is 389 g/mol. The second-order valence-electron chi connectivity index (χ2n) is 7.89. The summed E-state index contributed by atoms with van der Waals surface area (Å²) in [6.45, 7) is 1.06. The van der Waals surface area contributed by atoms with Gasteiger partial charge in [-0.1, -0.05) is 30.3 Å². The van der Waals surface area contributed by atoms with Gasteiger partial charge in [0.15, 0.2) is 0 Å². The molecule has 0 unspecified atom stereocenters. The Morgan fingerprint density at radius 1 is 1.10 bits per heavy atom. The van der Waals surface area contributed by atoms with Crippen molar-refractivity contribution < 1.29 is 5.11 Å². The van der Waals surface area contributed by atoms with Gasteiger partial charge in [-0.25, -0.2) is 15.0 Å². The fourth-order valence-corrected chi connectivity index (χ4v) is 4.48. The minimum Gasteiger partial charge on any atom is -0.387 e. The lowest BCUT2D eigenvalue weighted by molar-refractivity contribution is 0.131. The van der Waals surface area contributed by atoms with Gasteiger partial charge in [0.25, 0.3) is 5.56 Å². The van der Waals surface area contributed by atoms with E-state index in [-0.39, 0.29) is 11.1 Å². The molecule has 0 saturated heterocycles. The summed E-state index contributed by atoms with van der Waals surface area (Å²) in [6, 6.07) is 12.9. The number of aromatic nitrogens is 4. The summed E-state index contributed by atoms with van der Waals surface area (Å²) >= 11 is 0. The van der Waals surface area contributed by atoms with Crippen LogP contribution in [0.5, 0.6) is 0 Å². The standard InChI is InChI=1S/C22H23N5O2/c28-19(16-5-2-1-3-6-16)14-27-21-25-18(17-7-11-23-15-24-17)13-20(29)26(21)12-10-22(27)8-4-9-22/h1-3,5-7,11,13,15,19,28H,4,8-10,12,14H2/t19-/m0/s1. The zero-order valence-corrected chi connectivity index (χ0v) is 16.1. The number of aliphatic hydroxyl groups excluding tert-OH is 1. The molecular formula is C22H23N5O2. The molecule has 3 aromatic rings. The third kappa shape index (κ3) is 3.11. The van der Waals surface area contributed by atoms with Crippen LogP contribution in [0.2, 0.25) is 0 Å². The van der Waals surface area contributed by atoms with Gasteiger partial charge in [0, 0.05) is 24.3 Å². The zero-order chi connectivity index (χ0) is 19.8. The van der Waals surface area contributed by atoms with Crippen molar-refractivity contribution in [3.8, 4) is 11.4 Å². The van der Waals surface area contributed by atoms with Gasteiger partial charge in [-0.2, -0.15) is 0 Å². The van der Waals surface area contributed by atoms with Crippen molar-refractivity contribution in [2.75, 3.05) is 11.4 Å². The van der Waals surface area contributed by atoms with Gasteiger partial charge in [-0.05, 0) is 37.3 Å². The van der Waals surface area contributed by atoms with E-state index in [9.17, 15) is 9.90 Å². The third-order valence-electron chi connectivity index (χ3n) is 6.27. The molecule has 1 spiro atoms. The smallest absolute Gasteiger partial charge is 0.255 e. The number of nitrogens with zero attached hydrogens (tertiary/aromatic N) is 5. The van der Waals surface area contributed by atoms with Crippen LogP contribution in [-0.2, 0) is 6.54 Å². The lowest BCUT2D eigenvalue weighted by Crippen LogP contribution is -2.60. The molecule has 148 valence electrons. The summed E-state index contributed by atoms with van der Waals surface area (Å²) in [5.41, 5.74) is 1.92. The maximum atomic E-state index is 12.9. The van der Waals surface area contributed by atoms with E-state index in [1.54, 1.807) is 16.8 Å². The summed E-state index contributed by atoms with van der Waals surface area (Å²) in [7, 11) is 0. The lowest BCUT2D eigenvalue weighted by atomic mass is 9.72. The topological polar surface area (TPSA) is 84.1 Å². The molecule has 2 aromatic heterocycles. The minimum absolute atomic E-state index is 0.0283. The van der Waals surface area contributed by atoms with E-state index in [0.29, 0.717) is 30.4 Å². The van der Waals surface area contributed by atoms with Gasteiger partial charge in [-0.3, -0.25) is 9.36 Å². The molecule has 3 heterocycles. The maximum absolute atomic E-state index is 12.9. The van der Waals surface area contributed by atoms with Gasteiger partial charge in [0.2, 0.25) is 5.95 Å². The molecule has 1 aliphatic heterocycles. The number of aliphatic hydroxyl groups is 1. The third-order valence-corrected chi connectivity index (χ3v) is 6.27. The summed E-state index contributed by atoms with van der Waals surface area (Å²) in [5, 5.41) is 10.9. The van der Waals surface area contributed by atoms with Crippen LogP contribution in [0.4, 0.5) is 5.95 Å². The van der Waals surface area contributed by atoms with Crippen molar-refractivity contribution in [2.45, 2.75) is 43.9 Å². The Morgan fingerprint density at radius 3 is 2.62 bits per heavy atom. The summed E-state index contributed by atoms with van der Waals surface area (Å²) < 4.78 is 1.73. The Morgan fingerprint density at radius 2 is 1.93 bits per heavy atom. The summed E-state index contributed by atoms with van der Waals surface area (Å²) in [6.07, 6.45) is 6.62. The SMILES string of the molecule is O=c1cc(-c2ccncn2)nc2n1CCC1(CCC1)N2C[C@H](O)c1ccccc1. The first-order valence-electron chi connectivity index (χ1n) is 10.1. The number of fused-ring (bicyclic) bond motifs is 1. The molecule has 7 nitrogen and oxygen atoms in total. The van der Waals surface area contributed by atoms with Gasteiger partial charge in [0.05, 0.1) is 24.0 Å². The molecule has 1 aliphatic carbocycles. The van der Waals surface area contributed by atoms with E-state index >= 15 is 0 Å². The fraction of sp³-hybridized carbons (Fsp3) is 0.364. The number of hydrogen-bond donors (Lipinski definition) is 1. The number of anilines is 1. The van der Waals surface area contributed by atoms with Crippen LogP contribution in [0.1, 0.15) is 37.4 Å². The van der Waals surface area contributed by atoms with Crippen LogP contribution in [0.15, 0.2) is 59.8 Å². The zero-order valence-electron chi connectivity index (χ0n) is 16.1. The van der Waals surface area contributed by atoms with Crippen molar-refractivity contribution in [2.24, 2.45) is 0 Å². The molecule has 0 radical (unpaired) electrons. The Hall–Kier alpha value is -3.06. The van der Waals surface area contributed by atoms with Gasteiger partial charge >= 0.3 is 0 Å². The number of hydrogen-bond acceptors (Lipinski definition) is 6. The Balaban J connectivity index is 1.58. The van der Waals surface area contributed by atoms with Gasteiger partial charge in [-0.15, -0.1) is 0 Å². The van der Waals surface area contributed by atoms with Crippen molar-refractivity contribution in [1.29, 1.82) is 0 Å². The molecule has 29 heavy (non-hydrogen) atoms. The lowest BCUT2D eigenvalue weighted by Gasteiger charge is -2.54. The monoisotopic (exact) mass is 389 g/mol. The van der Waals surface area contributed by atoms with Crippen LogP contribution >= 0.6 is 0 Å². The van der Waals surface area contributed by atoms with Gasteiger partial charge < -0.3 is 10.0 Å². The first kappa shape index (κ1) is 18.0. The fourth-order valence-electron chi connectivity index (χ4n) is 4.48. The highest BCUT2D eigenvalue weighted by Crippen LogP contribution is 2.46. The van der Waals surface area contributed by atoms with Gasteiger partial charge in [0.1, 0.15) is 6.33 Å². The predicted molar refractivity (Wildman–Crippen MR) is 109 cm³/mol. The molecular weight excluding hydrogens is 366 g/mol. The molecule has 7 heteroatoms. The van der Waals surface area contributed by atoms with E-state index in [4.69, 9.17) is 4.98 Å². The van der Waals surface area contributed by atoms with Crippen molar-refractivity contribution in [3.63, 3.8) is 0 Å². The van der Waals surface area contributed by atoms with E-state index < -0.39 is 6.10 Å². The Bertz CT molecular complexity index is 1060. The number of β-amino-alcohol motifs (C(OH)–C–C–N with tert-alkyl or cyclic N) is 1. The molecule has 1 fully saturated rings. The first-order valence-corrected chi connectivity index (χ1v) is 10.1. The molecule has 1 saturated carbocycles. The maximum Gasteiger partial charge on any atom is 0.255 e. The summed E-state index contributed by atoms with van der Waals surface area (Å²) in [4.78, 5) is 28.1. The average Bonchev–Trinajstić information content (AvgIpc) is 2.74. The minimum atomic E-state index is -0.653. The molecule has 1 aromatic carbocycles. The predicted octanol–water partition coefficient (Wildman–Crippen LogP) is 2.57. The second kappa shape index (κ2) is 7.08. The highest BCUT2D eigenvalue weighted by molar-refractivity contribution is 5.56. The van der Waals surface area contributed by atoms with E-state index in [2.05, 4.69) is 14.9 Å². The van der Waals surface area contributed by atoms with E-state index in [1.807, 2.05) is 30.3 Å². The molecule has 0 amide bonds. The van der Waals surface area contributed by atoms with E-state index in [0.717, 1.165) is 31.2 Å². The molecule has 1 atom stereocenters. The van der Waals surface area contributed by atoms with Crippen molar-refractivity contribution in [1.82, 2.24) is 19.5 Å². The van der Waals surface area contributed by atoms with Crippen LogP contribution in [-0.4, -0.2) is 36.7 Å². The second-order valence-corrected chi connectivity index (χ2v) is 7.89. The quantitative estimate of drug-likeness (QED) is 0.738. The number of rotatable bonds is 4. The van der Waals surface area contributed by atoms with Crippen LogP contribution in [0.3, 0.4) is 0 Å².